The van der Waals surface area contributed by atoms with Crippen LogP contribution in [0, 0.1) is 0 Å². The lowest BCUT2D eigenvalue weighted by molar-refractivity contribution is -0.161. The number of hydrogen-bond acceptors (Lipinski definition) is 15. The normalized spacial score (nSPS) is 13.8. The molecule has 0 amide bonds. The molecule has 17 nitrogen and oxygen atoms in total. The maximum Gasteiger partial charge on any atom is 0.472 e. The van der Waals surface area contributed by atoms with E-state index in [1.165, 1.54) is 244 Å². The van der Waals surface area contributed by atoms with Crippen molar-refractivity contribution in [1.82, 2.24) is 0 Å². The third-order valence-corrected chi connectivity index (χ3v) is 20.5. The van der Waals surface area contributed by atoms with Crippen molar-refractivity contribution in [3.05, 3.63) is 0 Å². The lowest BCUT2D eigenvalue weighted by atomic mass is 10.0. The molecular weight excluding hydrogens is 1280 g/mol. The fourth-order valence-corrected chi connectivity index (χ4v) is 13.9. The first kappa shape index (κ1) is 96.1. The molecule has 98 heavy (non-hydrogen) atoms. The van der Waals surface area contributed by atoms with Crippen molar-refractivity contribution in [2.24, 2.45) is 0 Å². The first-order valence-corrected chi connectivity index (χ1v) is 44.3. The van der Waals surface area contributed by atoms with Gasteiger partial charge in [-0.1, -0.05) is 374 Å². The average Bonchev–Trinajstić information content (AvgIpc) is 0.959. The monoisotopic (exact) mass is 1440 g/mol. The van der Waals surface area contributed by atoms with Crippen LogP contribution in [0.5, 0.6) is 0 Å². The molecule has 0 aliphatic rings. The van der Waals surface area contributed by atoms with E-state index in [1.54, 1.807) is 0 Å². The summed E-state index contributed by atoms with van der Waals surface area (Å²) in [6.07, 6.45) is 65.4. The number of aliphatic hydroxyl groups excluding tert-OH is 1. The second kappa shape index (κ2) is 73.4. The van der Waals surface area contributed by atoms with E-state index in [0.717, 1.165) is 103 Å². The summed E-state index contributed by atoms with van der Waals surface area (Å²) in [5.74, 6) is -2.11. The topological polar surface area (TPSA) is 237 Å². The Kier molecular flexibility index (Phi) is 71.9. The Morgan fingerprint density at radius 1 is 0.245 bits per heavy atom. The van der Waals surface area contributed by atoms with Crippen molar-refractivity contribution in [3.8, 4) is 0 Å². The fourth-order valence-electron chi connectivity index (χ4n) is 12.3. The van der Waals surface area contributed by atoms with Crippen LogP contribution in [-0.2, 0) is 65.4 Å². The summed E-state index contributed by atoms with van der Waals surface area (Å²) in [6, 6.07) is 0. The van der Waals surface area contributed by atoms with Gasteiger partial charge in [-0.05, 0) is 25.7 Å². The first-order chi connectivity index (χ1) is 47.7. The van der Waals surface area contributed by atoms with Gasteiger partial charge < -0.3 is 33.8 Å². The first-order valence-electron chi connectivity index (χ1n) is 41.3. The number of phosphoric acid groups is 2. The number of ether oxygens (including phenoxy) is 4. The molecule has 0 heterocycles. The molecule has 19 heteroatoms. The largest absolute Gasteiger partial charge is 0.472 e. The summed E-state index contributed by atoms with van der Waals surface area (Å²) in [5, 5.41) is 10.6. The third-order valence-electron chi connectivity index (χ3n) is 18.6. The van der Waals surface area contributed by atoms with Gasteiger partial charge in [0.1, 0.15) is 19.3 Å². The summed E-state index contributed by atoms with van der Waals surface area (Å²) in [6.45, 7) is 4.97. The predicted molar refractivity (Wildman–Crippen MR) is 400 cm³/mol. The smallest absolute Gasteiger partial charge is 0.462 e. The second-order valence-electron chi connectivity index (χ2n) is 28.5. The Balaban J connectivity index is 5.18. The van der Waals surface area contributed by atoms with Crippen LogP contribution < -0.4 is 0 Å². The predicted octanol–water partition coefficient (Wildman–Crippen LogP) is 23.8. The molecule has 0 saturated heterocycles. The highest BCUT2D eigenvalue weighted by molar-refractivity contribution is 7.47. The summed E-state index contributed by atoms with van der Waals surface area (Å²) in [4.78, 5) is 72.8. The Hall–Kier alpha value is -1.94. The van der Waals surface area contributed by atoms with E-state index in [2.05, 4.69) is 27.7 Å². The maximum absolute atomic E-state index is 13.1. The number of carbonyl (C=O) groups excluding carboxylic acids is 4. The summed E-state index contributed by atoms with van der Waals surface area (Å²) in [7, 11) is -9.91. The Morgan fingerprint density at radius 2 is 0.408 bits per heavy atom. The van der Waals surface area contributed by atoms with Crippen molar-refractivity contribution in [2.45, 2.75) is 444 Å². The molecule has 0 radical (unpaired) electrons. The number of carbonyl (C=O) groups is 4. The zero-order valence-electron chi connectivity index (χ0n) is 63.8. The quantitative estimate of drug-likeness (QED) is 0.0222. The molecule has 0 bridgehead atoms. The molecule has 0 aliphatic heterocycles. The van der Waals surface area contributed by atoms with E-state index in [9.17, 15) is 43.2 Å². The number of esters is 4. The highest BCUT2D eigenvalue weighted by Gasteiger charge is 2.30. The molecule has 582 valence electrons. The molecule has 3 N–H and O–H groups in total. The van der Waals surface area contributed by atoms with E-state index < -0.39 is 97.5 Å². The molecule has 0 aromatic rings. The van der Waals surface area contributed by atoms with Crippen LogP contribution in [0.1, 0.15) is 426 Å². The van der Waals surface area contributed by atoms with Gasteiger partial charge in [0.25, 0.3) is 0 Å². The van der Waals surface area contributed by atoms with Gasteiger partial charge in [-0.3, -0.25) is 37.3 Å². The minimum atomic E-state index is -4.96. The zero-order valence-corrected chi connectivity index (χ0v) is 65.6. The molecular formula is C79H154O17P2. The van der Waals surface area contributed by atoms with E-state index in [-0.39, 0.29) is 25.7 Å². The van der Waals surface area contributed by atoms with Crippen molar-refractivity contribution in [3.63, 3.8) is 0 Å². The number of phosphoric ester groups is 2. The number of aliphatic hydroxyl groups is 1. The van der Waals surface area contributed by atoms with E-state index >= 15 is 0 Å². The minimum Gasteiger partial charge on any atom is -0.462 e. The van der Waals surface area contributed by atoms with E-state index in [1.807, 2.05) is 0 Å². The molecule has 2 unspecified atom stereocenters. The highest BCUT2D eigenvalue weighted by Crippen LogP contribution is 2.45. The lowest BCUT2D eigenvalue weighted by Gasteiger charge is -2.21. The van der Waals surface area contributed by atoms with Crippen LogP contribution in [0.3, 0.4) is 0 Å². The lowest BCUT2D eigenvalue weighted by Crippen LogP contribution is -2.30. The van der Waals surface area contributed by atoms with Gasteiger partial charge in [-0.2, -0.15) is 0 Å². The number of rotatable bonds is 80. The highest BCUT2D eigenvalue weighted by atomic mass is 31.2. The maximum atomic E-state index is 13.1. The van der Waals surface area contributed by atoms with Gasteiger partial charge in [0, 0.05) is 25.7 Å². The van der Waals surface area contributed by atoms with Crippen molar-refractivity contribution < 1.29 is 80.2 Å². The second-order valence-corrected chi connectivity index (χ2v) is 31.4. The summed E-state index contributed by atoms with van der Waals surface area (Å²) >= 11 is 0. The SMILES string of the molecule is CCCCCCCCCCCCCCCCCCCCCC(=O)O[C@H](COC(=O)CCCCCCCCCCCCCCCCCCCC)COP(=O)(O)OC[C@@H](O)COP(=O)(O)OC[C@@H](COC(=O)CCCCCCCCC)OC(=O)CCCCCCCCCCCCCCCC. The Bertz CT molecular complexity index is 1860. The van der Waals surface area contributed by atoms with Gasteiger partial charge in [-0.15, -0.1) is 0 Å². The fraction of sp³-hybridized carbons (Fsp3) is 0.949. The molecule has 0 aromatic carbocycles. The van der Waals surface area contributed by atoms with Gasteiger partial charge in [0.15, 0.2) is 12.2 Å². The van der Waals surface area contributed by atoms with Crippen LogP contribution in [0.25, 0.3) is 0 Å². The third kappa shape index (κ3) is 72.4. The van der Waals surface area contributed by atoms with Gasteiger partial charge in [-0.25, -0.2) is 9.13 Å². The van der Waals surface area contributed by atoms with Gasteiger partial charge in [0.05, 0.1) is 26.4 Å². The van der Waals surface area contributed by atoms with Crippen LogP contribution in [0.4, 0.5) is 0 Å². The molecule has 0 fully saturated rings. The van der Waals surface area contributed by atoms with Gasteiger partial charge >= 0.3 is 39.5 Å². The molecule has 0 rings (SSSR count). The molecule has 0 spiro atoms. The van der Waals surface area contributed by atoms with E-state index in [4.69, 9.17) is 37.0 Å². The van der Waals surface area contributed by atoms with Crippen LogP contribution >= 0.6 is 15.6 Å². The standard InChI is InChI=1S/C79H154O17P2/c1-5-9-13-17-21-24-27-30-33-35-37-39-41-44-47-50-54-58-62-66-79(84)96-75(70-90-77(82)64-60-56-52-48-45-43-40-38-36-34-31-28-25-22-18-14-10-6-2)72-94-98(87,88)92-68-73(80)67-91-97(85,86)93-71-74(69-89-76(81)63-59-55-51-20-16-12-8-4)95-78(83)65-61-57-53-49-46-42-32-29-26-23-19-15-11-7-3/h73-75,80H,5-72H2,1-4H3,(H,85,86)(H,87,88)/t73-,74+,75+/m0/s1. The Morgan fingerprint density at radius 3 is 0.602 bits per heavy atom. The van der Waals surface area contributed by atoms with Crippen molar-refractivity contribution >= 4 is 39.5 Å². The van der Waals surface area contributed by atoms with Crippen LogP contribution in [-0.4, -0.2) is 96.7 Å². The Labute approximate surface area is 600 Å². The van der Waals surface area contributed by atoms with Gasteiger partial charge in [0.2, 0.25) is 0 Å². The molecule has 0 saturated carbocycles. The van der Waals surface area contributed by atoms with E-state index in [0.29, 0.717) is 25.7 Å². The van der Waals surface area contributed by atoms with Crippen molar-refractivity contribution in [2.75, 3.05) is 39.6 Å². The average molecular weight is 1440 g/mol. The summed E-state index contributed by atoms with van der Waals surface area (Å²) < 4.78 is 68.5. The van der Waals surface area contributed by atoms with Crippen molar-refractivity contribution in [1.29, 1.82) is 0 Å². The van der Waals surface area contributed by atoms with Crippen LogP contribution in [0.15, 0.2) is 0 Å². The number of unbranched alkanes of at least 4 members (excludes halogenated alkanes) is 54. The molecule has 0 aromatic heterocycles. The minimum absolute atomic E-state index is 0.108. The van der Waals surface area contributed by atoms with Crippen LogP contribution in [0.2, 0.25) is 0 Å². The zero-order chi connectivity index (χ0) is 71.8. The number of hydrogen-bond donors (Lipinski definition) is 3. The summed E-state index contributed by atoms with van der Waals surface area (Å²) in [5.41, 5.74) is 0. The molecule has 5 atom stereocenters. The molecule has 0 aliphatic carbocycles.